The number of rotatable bonds is 2. The Hall–Kier alpha value is 0.0800. The normalized spacial score (nSPS) is 34.8. The van der Waals surface area contributed by atoms with E-state index in [1.165, 1.54) is 6.92 Å². The summed E-state index contributed by atoms with van der Waals surface area (Å²) in [5, 5.41) is 20.8. The van der Waals surface area contributed by atoms with Crippen LogP contribution in [-0.4, -0.2) is 43.6 Å². The van der Waals surface area contributed by atoms with Gasteiger partial charge in [-0.2, -0.15) is 0 Å². The SMILES string of the molecule is CC(=O)NC1C[I-][C@@H](CO)O[C@H]1O. The topological polar surface area (TPSA) is 78.8 Å². The quantitative estimate of drug-likeness (QED) is 0.354. The average Bonchev–Trinajstić information content (AvgIpc) is 2.08. The summed E-state index contributed by atoms with van der Waals surface area (Å²) in [7, 11) is 0. The number of nitrogens with one attached hydrogen (secondary N) is 1. The van der Waals surface area contributed by atoms with Crippen molar-refractivity contribution in [1.82, 2.24) is 5.32 Å². The van der Waals surface area contributed by atoms with Crippen molar-refractivity contribution in [3.63, 3.8) is 0 Å². The summed E-state index contributed by atoms with van der Waals surface area (Å²) in [5.74, 6) is -0.167. The summed E-state index contributed by atoms with van der Waals surface area (Å²) >= 11 is -0.298. The number of carbonyl (C=O) groups is 1. The van der Waals surface area contributed by atoms with Crippen molar-refractivity contribution in [3.8, 4) is 0 Å². The monoisotopic (exact) mass is 302 g/mol. The second-order valence-corrected chi connectivity index (χ2v) is 5.89. The van der Waals surface area contributed by atoms with E-state index in [0.717, 1.165) is 4.43 Å². The van der Waals surface area contributed by atoms with E-state index in [1.54, 1.807) is 0 Å². The molecule has 0 spiro atoms. The van der Waals surface area contributed by atoms with Crippen LogP contribution in [-0.2, 0) is 9.53 Å². The van der Waals surface area contributed by atoms with Gasteiger partial charge in [-0.05, 0) is 0 Å². The van der Waals surface area contributed by atoms with Gasteiger partial charge in [-0.25, -0.2) is 0 Å². The van der Waals surface area contributed by atoms with Crippen LogP contribution in [0.5, 0.6) is 0 Å². The van der Waals surface area contributed by atoms with E-state index in [9.17, 15) is 9.90 Å². The van der Waals surface area contributed by atoms with E-state index in [1.807, 2.05) is 0 Å². The van der Waals surface area contributed by atoms with Crippen LogP contribution in [0.3, 0.4) is 0 Å². The summed E-state index contributed by atoms with van der Waals surface area (Å²) in [6, 6.07) is -0.298. The molecule has 0 saturated carbocycles. The maximum atomic E-state index is 10.7. The Balaban J connectivity index is 2.39. The molecule has 6 heteroatoms. The second kappa shape index (κ2) is 5.08. The molecule has 1 aliphatic rings. The summed E-state index contributed by atoms with van der Waals surface area (Å²) in [5.41, 5.74) is 0. The molecule has 0 aromatic heterocycles. The molecule has 0 aromatic carbocycles. The number of ether oxygens (including phenoxy) is 1. The number of aliphatic hydroxyl groups is 2. The first kappa shape index (κ1) is 11.2. The van der Waals surface area contributed by atoms with E-state index < -0.39 is 6.29 Å². The third-order valence-electron chi connectivity index (χ3n) is 1.59. The van der Waals surface area contributed by atoms with Gasteiger partial charge in [-0.3, -0.25) is 0 Å². The summed E-state index contributed by atoms with van der Waals surface area (Å²) in [6.45, 7) is 1.36. The molecule has 0 radical (unpaired) electrons. The number of amides is 1. The minimum absolute atomic E-state index is 0.0445. The fourth-order valence-corrected chi connectivity index (χ4v) is 3.57. The Bertz CT molecular complexity index is 189. The molecule has 1 saturated heterocycles. The molecule has 13 heavy (non-hydrogen) atoms. The third kappa shape index (κ3) is 3.37. The van der Waals surface area contributed by atoms with Crippen molar-refractivity contribution < 1.29 is 40.9 Å². The molecule has 0 aromatic rings. The predicted octanol–water partition coefficient (Wildman–Crippen LogP) is -4.75. The van der Waals surface area contributed by atoms with Crippen molar-refractivity contribution in [3.05, 3.63) is 0 Å². The summed E-state index contributed by atoms with van der Waals surface area (Å²) in [4.78, 5) is 10.7. The van der Waals surface area contributed by atoms with Crippen LogP contribution in [0, 0.1) is 0 Å². The van der Waals surface area contributed by atoms with Gasteiger partial charge >= 0.3 is 86.6 Å². The van der Waals surface area contributed by atoms with Crippen molar-refractivity contribution in [2.45, 2.75) is 23.4 Å². The number of halogens is 1. The minimum atomic E-state index is -0.977. The molecule has 78 valence electrons. The molecular formula is C7H13INO4-. The molecule has 1 aliphatic heterocycles. The van der Waals surface area contributed by atoms with Gasteiger partial charge in [0.05, 0.1) is 0 Å². The summed E-state index contributed by atoms with van der Waals surface area (Å²) < 4.78 is 5.63. The van der Waals surface area contributed by atoms with Crippen LogP contribution in [0.2, 0.25) is 0 Å². The van der Waals surface area contributed by atoms with E-state index in [4.69, 9.17) is 9.84 Å². The van der Waals surface area contributed by atoms with Gasteiger partial charge in [0.15, 0.2) is 0 Å². The average molecular weight is 302 g/mol. The van der Waals surface area contributed by atoms with Crippen molar-refractivity contribution >= 4 is 5.91 Å². The molecule has 0 aliphatic carbocycles. The fraction of sp³-hybridized carbons (Fsp3) is 0.857. The van der Waals surface area contributed by atoms with Crippen LogP contribution in [0.25, 0.3) is 0 Å². The Morgan fingerprint density at radius 1 is 1.77 bits per heavy atom. The van der Waals surface area contributed by atoms with E-state index in [0.29, 0.717) is 0 Å². The van der Waals surface area contributed by atoms with Gasteiger partial charge < -0.3 is 0 Å². The standard InChI is InChI=1S/C7H13INO4/c1-4(11)9-5-2-8-6(3-10)13-7(5)12/h5-7,10,12H,2-3H2,1H3,(H,9,11)/q-1/t5?,6-,7-/m1/s1. The van der Waals surface area contributed by atoms with Gasteiger partial charge in [-0.15, -0.1) is 0 Å². The number of carbonyl (C=O) groups excluding carboxylic acids is 1. The van der Waals surface area contributed by atoms with Crippen molar-refractivity contribution in [1.29, 1.82) is 0 Å². The molecule has 1 heterocycles. The van der Waals surface area contributed by atoms with E-state index >= 15 is 0 Å². The molecular weight excluding hydrogens is 289 g/mol. The Labute approximate surface area is 86.7 Å². The van der Waals surface area contributed by atoms with Gasteiger partial charge in [0.25, 0.3) is 0 Å². The molecule has 1 fully saturated rings. The first-order valence-electron chi connectivity index (χ1n) is 3.92. The van der Waals surface area contributed by atoms with Crippen LogP contribution in [0.4, 0.5) is 0 Å². The Morgan fingerprint density at radius 2 is 2.46 bits per heavy atom. The van der Waals surface area contributed by atoms with Crippen LogP contribution < -0.4 is 26.5 Å². The van der Waals surface area contributed by atoms with E-state index in [-0.39, 0.29) is 43.9 Å². The second-order valence-electron chi connectivity index (χ2n) is 2.73. The maximum absolute atomic E-state index is 10.7. The molecule has 1 rings (SSSR count). The van der Waals surface area contributed by atoms with Crippen LogP contribution in [0.15, 0.2) is 0 Å². The molecule has 0 bridgehead atoms. The predicted molar refractivity (Wildman–Crippen MR) is 40.4 cm³/mol. The summed E-state index contributed by atoms with van der Waals surface area (Å²) in [6.07, 6.45) is -0.977. The Kier molecular flexibility index (Phi) is 4.36. The van der Waals surface area contributed by atoms with Gasteiger partial charge in [0.2, 0.25) is 0 Å². The fourth-order valence-electron chi connectivity index (χ4n) is 1.02. The van der Waals surface area contributed by atoms with Crippen molar-refractivity contribution in [2.24, 2.45) is 0 Å². The molecule has 1 amide bonds. The zero-order valence-electron chi connectivity index (χ0n) is 7.24. The zero-order valence-corrected chi connectivity index (χ0v) is 9.39. The van der Waals surface area contributed by atoms with Gasteiger partial charge in [-0.1, -0.05) is 0 Å². The number of aliphatic hydroxyl groups excluding tert-OH is 2. The molecule has 1 unspecified atom stereocenters. The first-order valence-corrected chi connectivity index (χ1v) is 6.70. The molecule has 3 N–H and O–H groups in total. The molecule has 5 nitrogen and oxygen atoms in total. The number of hydrogen-bond acceptors (Lipinski definition) is 4. The van der Waals surface area contributed by atoms with Crippen LogP contribution in [0.1, 0.15) is 6.92 Å². The van der Waals surface area contributed by atoms with E-state index in [2.05, 4.69) is 5.32 Å². The van der Waals surface area contributed by atoms with Crippen molar-refractivity contribution in [2.75, 3.05) is 11.0 Å². The zero-order chi connectivity index (χ0) is 9.84. The first-order chi connectivity index (χ1) is 6.13. The van der Waals surface area contributed by atoms with Crippen LogP contribution >= 0.6 is 0 Å². The third-order valence-corrected chi connectivity index (χ3v) is 4.72. The Morgan fingerprint density at radius 3 is 2.92 bits per heavy atom. The van der Waals surface area contributed by atoms with Gasteiger partial charge in [0, 0.05) is 0 Å². The number of alkyl halides is 2. The number of hydrogen-bond donors (Lipinski definition) is 3. The molecule has 3 atom stereocenters. The van der Waals surface area contributed by atoms with Gasteiger partial charge in [0.1, 0.15) is 0 Å².